The first-order valence-corrected chi connectivity index (χ1v) is 5.44. The Morgan fingerprint density at radius 1 is 1.33 bits per heavy atom. The van der Waals surface area contributed by atoms with E-state index >= 15 is 0 Å². The summed E-state index contributed by atoms with van der Waals surface area (Å²) < 4.78 is 11.2. The topological polar surface area (TPSA) is 30.5 Å². The third-order valence-electron chi connectivity index (χ3n) is 2.99. The first-order chi connectivity index (χ1) is 7.30. The molecule has 2 aliphatic heterocycles. The maximum Gasteiger partial charge on any atom is 0.124 e. The van der Waals surface area contributed by atoms with Gasteiger partial charge >= 0.3 is 0 Å². The molecule has 0 saturated carbocycles. The summed E-state index contributed by atoms with van der Waals surface area (Å²) in [5.41, 5.74) is 0.938. The molecule has 1 aromatic carbocycles. The molecule has 3 nitrogen and oxygen atoms in total. The smallest absolute Gasteiger partial charge is 0.124 e. The summed E-state index contributed by atoms with van der Waals surface area (Å²) in [6.45, 7) is 2.90. The number of hydrogen-bond acceptors (Lipinski definition) is 3. The zero-order chi connectivity index (χ0) is 10.3. The minimum Gasteiger partial charge on any atom is -0.491 e. The maximum atomic E-state index is 6.00. The molecule has 15 heavy (non-hydrogen) atoms. The van der Waals surface area contributed by atoms with E-state index in [-0.39, 0.29) is 5.54 Å². The largest absolute Gasteiger partial charge is 0.491 e. The van der Waals surface area contributed by atoms with Crippen LogP contribution in [0.4, 0.5) is 0 Å². The molecule has 2 aliphatic rings. The Hall–Kier alpha value is -0.770. The SMILES string of the molecule is Clc1ccc2c(c1)[C@@]1(COCCN1)CO2. The standard InChI is InChI=1S/C11H12ClNO2/c12-8-1-2-10-9(5-8)11(7-15-10)6-14-4-3-13-11/h1-2,5,13H,3-4,6-7H2/t11-/m1/s1. The van der Waals surface area contributed by atoms with Gasteiger partial charge in [0.2, 0.25) is 0 Å². The van der Waals surface area contributed by atoms with Crippen molar-refractivity contribution in [1.82, 2.24) is 5.32 Å². The van der Waals surface area contributed by atoms with Gasteiger partial charge in [-0.3, -0.25) is 0 Å². The fraction of sp³-hybridized carbons (Fsp3) is 0.455. The number of nitrogens with one attached hydrogen (secondary N) is 1. The van der Waals surface area contributed by atoms with Gasteiger partial charge < -0.3 is 14.8 Å². The molecule has 1 spiro atoms. The summed E-state index contributed by atoms with van der Waals surface area (Å²) in [5, 5.41) is 4.21. The lowest BCUT2D eigenvalue weighted by Crippen LogP contribution is -2.52. The zero-order valence-corrected chi connectivity index (χ0v) is 9.01. The second-order valence-electron chi connectivity index (χ2n) is 3.99. The summed E-state index contributed by atoms with van der Waals surface area (Å²) in [4.78, 5) is 0. The molecule has 1 fully saturated rings. The fourth-order valence-corrected chi connectivity index (χ4v) is 2.38. The van der Waals surface area contributed by atoms with E-state index in [0.29, 0.717) is 13.2 Å². The Morgan fingerprint density at radius 3 is 3.07 bits per heavy atom. The number of rotatable bonds is 0. The normalized spacial score (nSPS) is 28.9. The van der Waals surface area contributed by atoms with E-state index in [2.05, 4.69) is 5.32 Å². The molecule has 1 atom stereocenters. The van der Waals surface area contributed by atoms with Gasteiger partial charge in [0.15, 0.2) is 0 Å². The zero-order valence-electron chi connectivity index (χ0n) is 8.25. The van der Waals surface area contributed by atoms with Gasteiger partial charge in [0.1, 0.15) is 17.9 Å². The van der Waals surface area contributed by atoms with Crippen LogP contribution >= 0.6 is 11.6 Å². The number of morpholine rings is 1. The highest BCUT2D eigenvalue weighted by molar-refractivity contribution is 6.30. The van der Waals surface area contributed by atoms with E-state index in [0.717, 1.165) is 29.5 Å². The Bertz CT molecular complexity index is 383. The Morgan fingerprint density at radius 2 is 2.27 bits per heavy atom. The number of halogens is 1. The first-order valence-electron chi connectivity index (χ1n) is 5.06. The molecule has 0 unspecified atom stereocenters. The lowest BCUT2D eigenvalue weighted by atomic mass is 9.92. The lowest BCUT2D eigenvalue weighted by Gasteiger charge is -2.33. The highest BCUT2D eigenvalue weighted by Crippen LogP contribution is 2.39. The summed E-state index contributed by atoms with van der Waals surface area (Å²) in [5.74, 6) is 0.914. The van der Waals surface area contributed by atoms with E-state index in [4.69, 9.17) is 21.1 Å². The molecule has 1 aromatic rings. The molecule has 0 aliphatic carbocycles. The number of benzene rings is 1. The Balaban J connectivity index is 2.05. The maximum absolute atomic E-state index is 6.00. The number of fused-ring (bicyclic) bond motifs is 2. The van der Waals surface area contributed by atoms with Gasteiger partial charge in [0.05, 0.1) is 13.2 Å². The molecule has 1 saturated heterocycles. The summed E-state index contributed by atoms with van der Waals surface area (Å²) in [6, 6.07) is 5.73. The second-order valence-corrected chi connectivity index (χ2v) is 4.43. The lowest BCUT2D eigenvalue weighted by molar-refractivity contribution is 0.0160. The quantitative estimate of drug-likeness (QED) is 0.727. The first kappa shape index (κ1) is 9.46. The van der Waals surface area contributed by atoms with Crippen molar-refractivity contribution in [3.05, 3.63) is 28.8 Å². The van der Waals surface area contributed by atoms with Crippen LogP contribution in [0.15, 0.2) is 18.2 Å². The molecule has 0 amide bonds. The van der Waals surface area contributed by atoms with Crippen molar-refractivity contribution in [2.45, 2.75) is 5.54 Å². The number of ether oxygens (including phenoxy) is 2. The molecule has 4 heteroatoms. The highest BCUT2D eigenvalue weighted by atomic mass is 35.5. The van der Waals surface area contributed by atoms with Crippen molar-refractivity contribution in [3.63, 3.8) is 0 Å². The van der Waals surface area contributed by atoms with Gasteiger partial charge in [-0.1, -0.05) is 11.6 Å². The summed E-state index contributed by atoms with van der Waals surface area (Å²) in [6.07, 6.45) is 0. The van der Waals surface area contributed by atoms with E-state index in [1.165, 1.54) is 0 Å². The third-order valence-corrected chi connectivity index (χ3v) is 3.22. The molecule has 3 rings (SSSR count). The van der Waals surface area contributed by atoms with Crippen molar-refractivity contribution in [2.24, 2.45) is 0 Å². The monoisotopic (exact) mass is 225 g/mol. The van der Waals surface area contributed by atoms with Crippen LogP contribution in [0.3, 0.4) is 0 Å². The molecule has 0 radical (unpaired) electrons. The van der Waals surface area contributed by atoms with Crippen molar-refractivity contribution < 1.29 is 9.47 Å². The molecule has 0 aromatic heterocycles. The van der Waals surface area contributed by atoms with Crippen LogP contribution in [-0.2, 0) is 10.3 Å². The predicted molar refractivity (Wildman–Crippen MR) is 57.4 cm³/mol. The average Bonchev–Trinajstić information content (AvgIpc) is 2.59. The van der Waals surface area contributed by atoms with Gasteiger partial charge in [0, 0.05) is 17.1 Å². The van der Waals surface area contributed by atoms with E-state index in [1.54, 1.807) is 0 Å². The van der Waals surface area contributed by atoms with Crippen LogP contribution in [0.25, 0.3) is 0 Å². The molecule has 2 heterocycles. The Kier molecular flexibility index (Phi) is 2.12. The van der Waals surface area contributed by atoms with E-state index in [1.807, 2.05) is 18.2 Å². The van der Waals surface area contributed by atoms with Gasteiger partial charge in [-0.05, 0) is 18.2 Å². The van der Waals surface area contributed by atoms with Gasteiger partial charge in [-0.2, -0.15) is 0 Å². The summed E-state index contributed by atoms with van der Waals surface area (Å²) in [7, 11) is 0. The molecule has 80 valence electrons. The van der Waals surface area contributed by atoms with Gasteiger partial charge in [-0.15, -0.1) is 0 Å². The van der Waals surface area contributed by atoms with E-state index in [9.17, 15) is 0 Å². The average molecular weight is 226 g/mol. The van der Waals surface area contributed by atoms with Crippen molar-refractivity contribution >= 4 is 11.6 Å². The van der Waals surface area contributed by atoms with Crippen LogP contribution in [-0.4, -0.2) is 26.4 Å². The van der Waals surface area contributed by atoms with Crippen LogP contribution < -0.4 is 10.1 Å². The summed E-state index contributed by atoms with van der Waals surface area (Å²) >= 11 is 6.00. The fourth-order valence-electron chi connectivity index (χ4n) is 2.21. The second kappa shape index (κ2) is 3.37. The number of hydrogen-bond donors (Lipinski definition) is 1. The predicted octanol–water partition coefficient (Wildman–Crippen LogP) is 1.55. The molecule has 0 bridgehead atoms. The van der Waals surface area contributed by atoms with Gasteiger partial charge in [-0.25, -0.2) is 0 Å². The Labute approximate surface area is 93.3 Å². The van der Waals surface area contributed by atoms with Crippen LogP contribution in [0.5, 0.6) is 5.75 Å². The van der Waals surface area contributed by atoms with Crippen LogP contribution in [0.2, 0.25) is 5.02 Å². The van der Waals surface area contributed by atoms with Crippen LogP contribution in [0, 0.1) is 0 Å². The third kappa shape index (κ3) is 1.42. The molecular weight excluding hydrogens is 214 g/mol. The van der Waals surface area contributed by atoms with Gasteiger partial charge in [0.25, 0.3) is 0 Å². The highest BCUT2D eigenvalue weighted by Gasteiger charge is 2.42. The molecule has 1 N–H and O–H groups in total. The van der Waals surface area contributed by atoms with Crippen molar-refractivity contribution in [1.29, 1.82) is 0 Å². The minimum absolute atomic E-state index is 0.182. The van der Waals surface area contributed by atoms with Crippen molar-refractivity contribution in [2.75, 3.05) is 26.4 Å². The molecular formula is C11H12ClNO2. The minimum atomic E-state index is -0.182. The van der Waals surface area contributed by atoms with Crippen LogP contribution in [0.1, 0.15) is 5.56 Å². The van der Waals surface area contributed by atoms with E-state index < -0.39 is 0 Å². The van der Waals surface area contributed by atoms with Crippen molar-refractivity contribution in [3.8, 4) is 5.75 Å².